The molecule has 1 aliphatic carbocycles. The summed E-state index contributed by atoms with van der Waals surface area (Å²) in [6.45, 7) is 5.98. The van der Waals surface area contributed by atoms with E-state index in [0.717, 1.165) is 18.4 Å². The summed E-state index contributed by atoms with van der Waals surface area (Å²) in [4.78, 5) is 6.03. The molecule has 0 radical (unpaired) electrons. The molecule has 3 aromatic rings. The van der Waals surface area contributed by atoms with E-state index in [0.29, 0.717) is 39.0 Å². The third-order valence-electron chi connectivity index (χ3n) is 4.58. The van der Waals surface area contributed by atoms with E-state index in [9.17, 15) is 8.42 Å². The van der Waals surface area contributed by atoms with Crippen LogP contribution < -0.4 is 4.72 Å². The average Bonchev–Trinajstić information content (AvgIpc) is 3.20. The second-order valence-corrected chi connectivity index (χ2v) is 10.1. The Bertz CT molecular complexity index is 1060. The van der Waals surface area contributed by atoms with Crippen molar-refractivity contribution in [3.8, 4) is 10.7 Å². The lowest BCUT2D eigenvalue weighted by molar-refractivity contribution is 0.380. The first-order valence-corrected chi connectivity index (χ1v) is 11.2. The summed E-state index contributed by atoms with van der Waals surface area (Å²) in [6.07, 6.45) is 2.15. The van der Waals surface area contributed by atoms with Crippen LogP contribution in [0.1, 0.15) is 54.9 Å². The van der Waals surface area contributed by atoms with Gasteiger partial charge in [-0.25, -0.2) is 8.42 Å². The SMILES string of the molecule is Cc1sc(-c2noc(C3CC3)n2)cc1S(=O)(=O)Nc1ccc(C(C)C)cc1. The molecule has 6 nitrogen and oxygen atoms in total. The number of nitrogens with one attached hydrogen (secondary N) is 1. The number of thiophene rings is 1. The van der Waals surface area contributed by atoms with Crippen LogP contribution in [0.25, 0.3) is 10.7 Å². The fourth-order valence-corrected chi connectivity index (χ4v) is 5.40. The number of hydrogen-bond acceptors (Lipinski definition) is 6. The van der Waals surface area contributed by atoms with Crippen LogP contribution in [0.3, 0.4) is 0 Å². The molecule has 0 spiro atoms. The van der Waals surface area contributed by atoms with Crippen LogP contribution in [0, 0.1) is 6.92 Å². The number of rotatable bonds is 6. The van der Waals surface area contributed by atoms with Gasteiger partial charge in [-0.15, -0.1) is 11.3 Å². The summed E-state index contributed by atoms with van der Waals surface area (Å²) in [6, 6.07) is 9.07. The summed E-state index contributed by atoms with van der Waals surface area (Å²) in [5.41, 5.74) is 1.71. The van der Waals surface area contributed by atoms with Gasteiger partial charge in [-0.05, 0) is 49.4 Å². The fourth-order valence-electron chi connectivity index (χ4n) is 2.82. The average molecular weight is 404 g/mol. The summed E-state index contributed by atoms with van der Waals surface area (Å²) in [7, 11) is -3.69. The molecule has 1 N–H and O–H groups in total. The van der Waals surface area contributed by atoms with Crippen molar-refractivity contribution in [1.29, 1.82) is 0 Å². The molecule has 0 amide bonds. The molecule has 1 fully saturated rings. The highest BCUT2D eigenvalue weighted by molar-refractivity contribution is 7.93. The van der Waals surface area contributed by atoms with E-state index in [1.165, 1.54) is 11.3 Å². The van der Waals surface area contributed by atoms with E-state index in [1.54, 1.807) is 25.1 Å². The number of benzene rings is 1. The van der Waals surface area contributed by atoms with Gasteiger partial charge >= 0.3 is 0 Å². The molecule has 0 bridgehead atoms. The molecule has 0 atom stereocenters. The molecule has 2 heterocycles. The molecule has 1 aromatic carbocycles. The topological polar surface area (TPSA) is 85.1 Å². The van der Waals surface area contributed by atoms with Crippen LogP contribution in [0.15, 0.2) is 39.8 Å². The van der Waals surface area contributed by atoms with Crippen molar-refractivity contribution < 1.29 is 12.9 Å². The minimum absolute atomic E-state index is 0.244. The number of anilines is 1. The Morgan fingerprint density at radius 2 is 1.93 bits per heavy atom. The van der Waals surface area contributed by atoms with Crippen LogP contribution in [0.5, 0.6) is 0 Å². The molecule has 0 aliphatic heterocycles. The Kier molecular flexibility index (Phi) is 4.55. The number of aromatic nitrogens is 2. The van der Waals surface area contributed by atoms with E-state index in [-0.39, 0.29) is 4.90 Å². The van der Waals surface area contributed by atoms with Crippen LogP contribution in [0.2, 0.25) is 0 Å². The summed E-state index contributed by atoms with van der Waals surface area (Å²) < 4.78 is 33.6. The van der Waals surface area contributed by atoms with Crippen molar-refractivity contribution in [2.75, 3.05) is 4.72 Å². The van der Waals surface area contributed by atoms with Gasteiger partial charge in [0.2, 0.25) is 11.7 Å². The van der Waals surface area contributed by atoms with Crippen LogP contribution in [-0.4, -0.2) is 18.6 Å². The van der Waals surface area contributed by atoms with Crippen molar-refractivity contribution >= 4 is 27.0 Å². The Balaban J connectivity index is 1.58. The van der Waals surface area contributed by atoms with Crippen molar-refractivity contribution in [2.24, 2.45) is 0 Å². The zero-order valence-electron chi connectivity index (χ0n) is 15.4. The van der Waals surface area contributed by atoms with Crippen molar-refractivity contribution in [3.05, 3.63) is 46.7 Å². The lowest BCUT2D eigenvalue weighted by Gasteiger charge is -2.10. The minimum Gasteiger partial charge on any atom is -0.339 e. The fraction of sp³-hybridized carbons (Fsp3) is 0.368. The predicted molar refractivity (Wildman–Crippen MR) is 106 cm³/mol. The Labute approximate surface area is 162 Å². The highest BCUT2D eigenvalue weighted by Crippen LogP contribution is 2.40. The monoisotopic (exact) mass is 403 g/mol. The van der Waals surface area contributed by atoms with Gasteiger partial charge in [0.25, 0.3) is 10.0 Å². The zero-order chi connectivity index (χ0) is 19.2. The largest absolute Gasteiger partial charge is 0.339 e. The molecule has 142 valence electrons. The van der Waals surface area contributed by atoms with Gasteiger partial charge in [0.05, 0.1) is 4.88 Å². The minimum atomic E-state index is -3.69. The molecule has 27 heavy (non-hydrogen) atoms. The van der Waals surface area contributed by atoms with Gasteiger partial charge in [-0.3, -0.25) is 4.72 Å². The van der Waals surface area contributed by atoms with E-state index < -0.39 is 10.0 Å². The maximum Gasteiger partial charge on any atom is 0.263 e. The molecular formula is C19H21N3O3S2. The Morgan fingerprint density at radius 1 is 1.22 bits per heavy atom. The maximum absolute atomic E-state index is 12.8. The normalized spacial score (nSPS) is 14.7. The summed E-state index contributed by atoms with van der Waals surface area (Å²) in [5.74, 6) is 1.86. The molecule has 0 saturated heterocycles. The predicted octanol–water partition coefficient (Wildman–Crippen LogP) is 4.91. The molecule has 2 aromatic heterocycles. The maximum atomic E-state index is 12.8. The van der Waals surface area contributed by atoms with Gasteiger partial charge in [-0.2, -0.15) is 4.98 Å². The van der Waals surface area contributed by atoms with Gasteiger partial charge in [0, 0.05) is 16.5 Å². The summed E-state index contributed by atoms with van der Waals surface area (Å²) in [5, 5.41) is 4.00. The smallest absolute Gasteiger partial charge is 0.263 e. The third kappa shape index (κ3) is 3.77. The number of nitrogens with zero attached hydrogens (tertiary/aromatic N) is 2. The second-order valence-electron chi connectivity index (χ2n) is 7.14. The van der Waals surface area contributed by atoms with Crippen molar-refractivity contribution in [3.63, 3.8) is 0 Å². The van der Waals surface area contributed by atoms with Gasteiger partial charge in [-0.1, -0.05) is 31.1 Å². The van der Waals surface area contributed by atoms with Gasteiger partial charge in [0.15, 0.2) is 0 Å². The van der Waals surface area contributed by atoms with Crippen molar-refractivity contribution in [1.82, 2.24) is 10.1 Å². The molecule has 1 aliphatic rings. The zero-order valence-corrected chi connectivity index (χ0v) is 17.0. The van der Waals surface area contributed by atoms with Gasteiger partial charge < -0.3 is 4.52 Å². The molecule has 1 saturated carbocycles. The molecular weight excluding hydrogens is 382 g/mol. The first kappa shape index (κ1) is 18.2. The quantitative estimate of drug-likeness (QED) is 0.632. The number of aryl methyl sites for hydroxylation is 1. The Morgan fingerprint density at radius 3 is 2.56 bits per heavy atom. The Hall–Kier alpha value is -2.19. The standard InChI is InChI=1S/C19H21N3O3S2/c1-11(2)13-6-8-15(9-7-13)22-27(23,24)17-10-16(26-12(17)3)18-20-19(25-21-18)14-4-5-14/h6-11,14,22H,4-5H2,1-3H3. The van der Waals surface area contributed by atoms with Crippen LogP contribution in [-0.2, 0) is 10.0 Å². The highest BCUT2D eigenvalue weighted by Gasteiger charge is 2.30. The van der Waals surface area contributed by atoms with Crippen LogP contribution >= 0.6 is 11.3 Å². The highest BCUT2D eigenvalue weighted by atomic mass is 32.2. The van der Waals surface area contributed by atoms with Gasteiger partial charge in [0.1, 0.15) is 4.90 Å². The van der Waals surface area contributed by atoms with Crippen molar-refractivity contribution in [2.45, 2.75) is 50.3 Å². The summed E-state index contributed by atoms with van der Waals surface area (Å²) >= 11 is 1.35. The molecule has 0 unspecified atom stereocenters. The van der Waals surface area contributed by atoms with E-state index in [4.69, 9.17) is 4.52 Å². The van der Waals surface area contributed by atoms with E-state index in [2.05, 4.69) is 28.7 Å². The molecule has 8 heteroatoms. The first-order chi connectivity index (χ1) is 12.8. The third-order valence-corrected chi connectivity index (χ3v) is 7.26. The van der Waals surface area contributed by atoms with E-state index >= 15 is 0 Å². The molecule has 4 rings (SSSR count). The number of sulfonamides is 1. The first-order valence-electron chi connectivity index (χ1n) is 8.90. The lowest BCUT2D eigenvalue weighted by atomic mass is 10.0. The lowest BCUT2D eigenvalue weighted by Crippen LogP contribution is -2.13. The van der Waals surface area contributed by atoms with E-state index in [1.807, 2.05) is 12.1 Å². The number of hydrogen-bond donors (Lipinski definition) is 1. The second kappa shape index (κ2) is 6.76. The van der Waals surface area contributed by atoms with Crippen LogP contribution in [0.4, 0.5) is 5.69 Å².